The topological polar surface area (TPSA) is 85.2 Å². The fourth-order valence-corrected chi connectivity index (χ4v) is 4.26. The van der Waals surface area contributed by atoms with Crippen LogP contribution in [0.3, 0.4) is 0 Å². The highest BCUT2D eigenvalue weighted by atomic mass is 32.2. The average Bonchev–Trinajstić information content (AvgIpc) is 2.77. The van der Waals surface area contributed by atoms with E-state index in [1.54, 1.807) is 18.2 Å². The molecule has 2 heterocycles. The minimum atomic E-state index is -0.364. The van der Waals surface area contributed by atoms with Crippen molar-refractivity contribution in [2.24, 2.45) is 0 Å². The second-order valence-corrected chi connectivity index (χ2v) is 7.76. The molecule has 8 nitrogen and oxygen atoms in total. The maximum atomic E-state index is 12.6. The summed E-state index contributed by atoms with van der Waals surface area (Å²) in [5.41, 5.74) is 0.705. The Kier molecular flexibility index (Phi) is 5.75. The van der Waals surface area contributed by atoms with Crippen LogP contribution in [-0.4, -0.2) is 60.9 Å². The zero-order chi connectivity index (χ0) is 20.2. The number of anilines is 1. The molecule has 2 aromatic rings. The van der Waals surface area contributed by atoms with E-state index in [1.807, 2.05) is 28.0 Å². The Balaban J connectivity index is 1.31. The summed E-state index contributed by atoms with van der Waals surface area (Å²) in [7, 11) is 0. The number of hydrogen-bond donors (Lipinski definition) is 0. The number of hydrogen-bond acceptors (Lipinski definition) is 7. The number of nitro benzene ring substituents is 1. The second-order valence-electron chi connectivity index (χ2n) is 6.71. The Hall–Kier alpha value is -2.94. The van der Waals surface area contributed by atoms with Crippen LogP contribution in [0.5, 0.6) is 11.5 Å². The molecule has 0 N–H and O–H groups in total. The number of para-hydroxylation sites is 2. The number of thioether (sulfide) groups is 1. The number of carbonyl (C=O) groups excluding carboxylic acids is 1. The third-order valence-electron chi connectivity index (χ3n) is 4.93. The van der Waals surface area contributed by atoms with Crippen molar-refractivity contribution >= 4 is 29.0 Å². The van der Waals surface area contributed by atoms with E-state index < -0.39 is 0 Å². The SMILES string of the molecule is O=C(CSc1ccc2c(c1)OCCO2)N1CCN(c2ccccc2[N+](=O)[O-])CC1. The van der Waals surface area contributed by atoms with Gasteiger partial charge in [0.15, 0.2) is 11.5 Å². The predicted octanol–water partition coefficient (Wildman–Crippen LogP) is 2.81. The molecule has 0 radical (unpaired) electrons. The third kappa shape index (κ3) is 4.40. The van der Waals surface area contributed by atoms with Gasteiger partial charge in [0.2, 0.25) is 5.91 Å². The van der Waals surface area contributed by atoms with E-state index in [2.05, 4.69) is 0 Å². The van der Waals surface area contributed by atoms with Gasteiger partial charge in [0.25, 0.3) is 5.69 Å². The summed E-state index contributed by atoms with van der Waals surface area (Å²) in [5.74, 6) is 1.85. The van der Waals surface area contributed by atoms with Gasteiger partial charge in [0.05, 0.1) is 10.7 Å². The van der Waals surface area contributed by atoms with E-state index in [1.165, 1.54) is 17.8 Å². The van der Waals surface area contributed by atoms with Crippen molar-refractivity contribution in [3.05, 3.63) is 52.6 Å². The van der Waals surface area contributed by atoms with E-state index in [9.17, 15) is 14.9 Å². The summed E-state index contributed by atoms with van der Waals surface area (Å²) in [6, 6.07) is 12.4. The molecule has 2 aliphatic heterocycles. The summed E-state index contributed by atoms with van der Waals surface area (Å²) >= 11 is 1.47. The number of piperazine rings is 1. The van der Waals surface area contributed by atoms with Crippen molar-refractivity contribution in [1.29, 1.82) is 0 Å². The Labute approximate surface area is 172 Å². The Morgan fingerprint density at radius 1 is 1.03 bits per heavy atom. The van der Waals surface area contributed by atoms with Crippen molar-refractivity contribution < 1.29 is 19.2 Å². The lowest BCUT2D eigenvalue weighted by Crippen LogP contribution is -2.49. The van der Waals surface area contributed by atoms with Crippen LogP contribution in [-0.2, 0) is 4.79 Å². The highest BCUT2D eigenvalue weighted by Gasteiger charge is 2.25. The first-order chi connectivity index (χ1) is 14.1. The van der Waals surface area contributed by atoms with Crippen LogP contribution in [0, 0.1) is 10.1 Å². The van der Waals surface area contributed by atoms with E-state index in [-0.39, 0.29) is 16.5 Å². The number of nitrogens with zero attached hydrogens (tertiary/aromatic N) is 3. The number of fused-ring (bicyclic) bond motifs is 1. The minimum Gasteiger partial charge on any atom is -0.486 e. The second kappa shape index (κ2) is 8.60. The van der Waals surface area contributed by atoms with Crippen molar-refractivity contribution in [1.82, 2.24) is 4.90 Å². The monoisotopic (exact) mass is 415 g/mol. The number of ether oxygens (including phenoxy) is 2. The number of benzene rings is 2. The van der Waals surface area contributed by atoms with Crippen molar-refractivity contribution in [2.75, 3.05) is 50.0 Å². The first-order valence-electron chi connectivity index (χ1n) is 9.40. The van der Waals surface area contributed by atoms with Gasteiger partial charge >= 0.3 is 0 Å². The van der Waals surface area contributed by atoms with Gasteiger partial charge in [-0.2, -0.15) is 0 Å². The highest BCUT2D eigenvalue weighted by molar-refractivity contribution is 8.00. The van der Waals surface area contributed by atoms with Crippen LogP contribution < -0.4 is 14.4 Å². The van der Waals surface area contributed by atoms with E-state index in [4.69, 9.17) is 9.47 Å². The first-order valence-corrected chi connectivity index (χ1v) is 10.4. The molecule has 0 saturated carbocycles. The lowest BCUT2D eigenvalue weighted by Gasteiger charge is -2.35. The van der Waals surface area contributed by atoms with Crippen LogP contribution in [0.1, 0.15) is 0 Å². The summed E-state index contributed by atoms with van der Waals surface area (Å²) in [6.07, 6.45) is 0. The Morgan fingerprint density at radius 3 is 2.52 bits per heavy atom. The standard InChI is InChI=1S/C20H21N3O5S/c24-20(14-29-15-5-6-18-19(13-15)28-12-11-27-18)22-9-7-21(8-10-22)16-3-1-2-4-17(16)23(25)26/h1-6,13H,7-12,14H2. The quantitative estimate of drug-likeness (QED) is 0.422. The molecule has 0 aromatic heterocycles. The van der Waals surface area contributed by atoms with E-state index in [0.717, 1.165) is 10.6 Å². The van der Waals surface area contributed by atoms with Gasteiger partial charge in [-0.3, -0.25) is 14.9 Å². The van der Waals surface area contributed by atoms with Gasteiger partial charge in [0.1, 0.15) is 18.9 Å². The molecule has 1 saturated heterocycles. The van der Waals surface area contributed by atoms with Crippen LogP contribution in [0.2, 0.25) is 0 Å². The minimum absolute atomic E-state index is 0.0621. The normalized spacial score (nSPS) is 15.9. The van der Waals surface area contributed by atoms with Crippen LogP contribution in [0.25, 0.3) is 0 Å². The highest BCUT2D eigenvalue weighted by Crippen LogP contribution is 2.34. The summed E-state index contributed by atoms with van der Waals surface area (Å²) in [6.45, 7) is 3.33. The molecular weight excluding hydrogens is 394 g/mol. The molecule has 0 aliphatic carbocycles. The molecule has 0 unspecified atom stereocenters. The molecule has 4 rings (SSSR count). The molecule has 9 heteroatoms. The third-order valence-corrected chi connectivity index (χ3v) is 5.91. The molecule has 2 aliphatic rings. The lowest BCUT2D eigenvalue weighted by molar-refractivity contribution is -0.384. The largest absolute Gasteiger partial charge is 0.486 e. The molecule has 0 bridgehead atoms. The predicted molar refractivity (Wildman–Crippen MR) is 110 cm³/mol. The van der Waals surface area contributed by atoms with E-state index >= 15 is 0 Å². The zero-order valence-corrected chi connectivity index (χ0v) is 16.6. The maximum absolute atomic E-state index is 12.6. The Bertz CT molecular complexity index is 915. The molecule has 1 amide bonds. The van der Waals surface area contributed by atoms with E-state index in [0.29, 0.717) is 56.6 Å². The number of carbonyl (C=O) groups is 1. The molecule has 152 valence electrons. The molecule has 1 fully saturated rings. The summed E-state index contributed by atoms with van der Waals surface area (Å²) in [4.78, 5) is 28.2. The fraction of sp³-hybridized carbons (Fsp3) is 0.350. The van der Waals surface area contributed by atoms with Gasteiger partial charge < -0.3 is 19.3 Å². The number of rotatable bonds is 5. The fourth-order valence-electron chi connectivity index (χ4n) is 3.43. The van der Waals surface area contributed by atoms with Crippen molar-refractivity contribution in [3.8, 4) is 11.5 Å². The molecule has 2 aromatic carbocycles. The zero-order valence-electron chi connectivity index (χ0n) is 15.8. The van der Waals surface area contributed by atoms with Gasteiger partial charge in [0, 0.05) is 37.1 Å². The summed E-state index contributed by atoms with van der Waals surface area (Å²) < 4.78 is 11.1. The van der Waals surface area contributed by atoms with Crippen LogP contribution in [0.15, 0.2) is 47.4 Å². The number of amides is 1. The number of nitro groups is 1. The van der Waals surface area contributed by atoms with Crippen molar-refractivity contribution in [2.45, 2.75) is 4.90 Å². The van der Waals surface area contributed by atoms with Gasteiger partial charge in [-0.05, 0) is 24.3 Å². The molecular formula is C20H21N3O5S. The van der Waals surface area contributed by atoms with Crippen LogP contribution in [0.4, 0.5) is 11.4 Å². The first kappa shape index (κ1) is 19.4. The van der Waals surface area contributed by atoms with Crippen molar-refractivity contribution in [3.63, 3.8) is 0 Å². The molecule has 0 spiro atoms. The maximum Gasteiger partial charge on any atom is 0.292 e. The summed E-state index contributed by atoms with van der Waals surface area (Å²) in [5, 5.41) is 11.2. The smallest absolute Gasteiger partial charge is 0.292 e. The van der Waals surface area contributed by atoms with Crippen LogP contribution >= 0.6 is 11.8 Å². The average molecular weight is 415 g/mol. The molecule has 29 heavy (non-hydrogen) atoms. The van der Waals surface area contributed by atoms with Gasteiger partial charge in [-0.1, -0.05) is 12.1 Å². The molecule has 0 atom stereocenters. The van der Waals surface area contributed by atoms with Gasteiger partial charge in [-0.15, -0.1) is 11.8 Å². The lowest BCUT2D eigenvalue weighted by atomic mass is 10.2. The van der Waals surface area contributed by atoms with Gasteiger partial charge in [-0.25, -0.2) is 0 Å². The Morgan fingerprint density at radius 2 is 1.76 bits per heavy atom.